The maximum atomic E-state index is 14.2. The zero-order chi connectivity index (χ0) is 25.5. The lowest BCUT2D eigenvalue weighted by atomic mass is 10.1. The van der Waals surface area contributed by atoms with Crippen LogP contribution < -0.4 is 20.5 Å². The molecule has 0 bridgehead atoms. The predicted octanol–water partition coefficient (Wildman–Crippen LogP) is 5.13. The van der Waals surface area contributed by atoms with Crippen LogP contribution in [-0.2, 0) is 6.61 Å². The number of methoxy groups -OCH3 is 1. The van der Waals surface area contributed by atoms with Gasteiger partial charge in [-0.3, -0.25) is 9.78 Å². The van der Waals surface area contributed by atoms with Gasteiger partial charge in [0.05, 0.1) is 24.0 Å². The number of benzene rings is 3. The molecule has 0 unspecified atom stereocenters. The fraction of sp³-hybridized carbons (Fsp3) is 0.0769. The number of aromatic amines is 1. The molecule has 0 aliphatic heterocycles. The monoisotopic (exact) mass is 503 g/mol. The number of para-hydroxylation sites is 1. The Morgan fingerprint density at radius 1 is 1.17 bits per heavy atom. The summed E-state index contributed by atoms with van der Waals surface area (Å²) in [4.78, 5) is 19.3. The summed E-state index contributed by atoms with van der Waals surface area (Å²) < 4.78 is 25.4. The van der Waals surface area contributed by atoms with Gasteiger partial charge in [0.15, 0.2) is 11.5 Å². The van der Waals surface area contributed by atoms with E-state index in [1.165, 1.54) is 25.5 Å². The lowest BCUT2D eigenvalue weighted by Crippen LogP contribution is -2.16. The van der Waals surface area contributed by atoms with Gasteiger partial charge in [0.25, 0.3) is 5.56 Å². The molecular weight excluding hydrogens is 485 g/mol. The largest absolute Gasteiger partial charge is 0.493 e. The van der Waals surface area contributed by atoms with Crippen LogP contribution in [0.4, 0.5) is 10.3 Å². The van der Waals surface area contributed by atoms with Crippen LogP contribution in [0.5, 0.6) is 11.5 Å². The van der Waals surface area contributed by atoms with Gasteiger partial charge < -0.3 is 9.47 Å². The van der Waals surface area contributed by atoms with Crippen molar-refractivity contribution < 1.29 is 13.9 Å². The third-order valence-electron chi connectivity index (χ3n) is 5.10. The molecule has 0 amide bonds. The fourth-order valence-electron chi connectivity index (χ4n) is 3.36. The number of rotatable bonds is 8. The van der Waals surface area contributed by atoms with Gasteiger partial charge in [0.2, 0.25) is 5.95 Å². The molecule has 2 N–H and O–H groups in total. The van der Waals surface area contributed by atoms with Crippen LogP contribution in [-0.4, -0.2) is 23.3 Å². The number of hydrogen-bond donors (Lipinski definition) is 2. The number of nitriles is 1. The summed E-state index contributed by atoms with van der Waals surface area (Å²) in [6.45, 7) is -0.134. The minimum Gasteiger partial charge on any atom is -0.493 e. The van der Waals surface area contributed by atoms with Crippen LogP contribution in [0.15, 0.2) is 76.6 Å². The molecule has 36 heavy (non-hydrogen) atoms. The average molecular weight is 504 g/mol. The number of nitrogens with one attached hydrogen (secondary N) is 2. The van der Waals surface area contributed by atoms with Gasteiger partial charge in [-0.25, -0.2) is 14.8 Å². The van der Waals surface area contributed by atoms with Crippen LogP contribution in [0.1, 0.15) is 16.7 Å². The Labute approximate surface area is 210 Å². The third-order valence-corrected chi connectivity index (χ3v) is 5.46. The van der Waals surface area contributed by atoms with Gasteiger partial charge in [-0.2, -0.15) is 10.4 Å². The van der Waals surface area contributed by atoms with E-state index in [9.17, 15) is 14.4 Å². The molecule has 0 spiro atoms. The molecule has 4 rings (SSSR count). The zero-order valence-electron chi connectivity index (χ0n) is 19.0. The molecule has 0 radical (unpaired) electrons. The molecule has 0 aliphatic carbocycles. The maximum absolute atomic E-state index is 14.2. The van der Waals surface area contributed by atoms with E-state index in [2.05, 4.69) is 20.5 Å². The molecule has 4 aromatic rings. The van der Waals surface area contributed by atoms with Crippen molar-refractivity contribution in [1.82, 2.24) is 9.97 Å². The van der Waals surface area contributed by atoms with E-state index >= 15 is 0 Å². The van der Waals surface area contributed by atoms with E-state index in [0.717, 1.165) is 0 Å². The molecule has 180 valence electrons. The first-order chi connectivity index (χ1) is 17.5. The van der Waals surface area contributed by atoms with Crippen molar-refractivity contribution in [3.8, 4) is 28.8 Å². The summed E-state index contributed by atoms with van der Waals surface area (Å²) >= 11 is 6.11. The summed E-state index contributed by atoms with van der Waals surface area (Å²) in [5.74, 6) is 0.274. The second kappa shape index (κ2) is 11.2. The van der Waals surface area contributed by atoms with Crippen LogP contribution in [0.25, 0.3) is 11.3 Å². The normalized spacial score (nSPS) is 10.7. The Morgan fingerprint density at radius 3 is 2.67 bits per heavy atom. The first kappa shape index (κ1) is 24.4. The number of ether oxygens (including phenoxy) is 2. The number of H-pyrrole nitrogens is 1. The van der Waals surface area contributed by atoms with E-state index < -0.39 is 11.4 Å². The van der Waals surface area contributed by atoms with Gasteiger partial charge in [-0.05, 0) is 24.3 Å². The van der Waals surface area contributed by atoms with E-state index in [1.807, 2.05) is 12.1 Å². The van der Waals surface area contributed by atoms with Gasteiger partial charge in [0.1, 0.15) is 24.1 Å². The SMILES string of the molecule is COc1cccc(C=NNc2nc(-c3ccccc3)c(C#N)c(=O)[nH]2)c1OCc1c(F)cccc1Cl. The van der Waals surface area contributed by atoms with Crippen molar-refractivity contribution in [3.05, 3.63) is 105 Å². The summed E-state index contributed by atoms with van der Waals surface area (Å²) in [7, 11) is 1.48. The Hall–Kier alpha value is -4.68. The number of nitrogens with zero attached hydrogens (tertiary/aromatic N) is 3. The second-order valence-corrected chi connectivity index (χ2v) is 7.76. The van der Waals surface area contributed by atoms with Crippen molar-refractivity contribution >= 4 is 23.8 Å². The minimum atomic E-state index is -0.601. The molecule has 0 saturated heterocycles. The molecule has 0 saturated carbocycles. The third kappa shape index (κ3) is 5.35. The van der Waals surface area contributed by atoms with Crippen LogP contribution in [0.2, 0.25) is 5.02 Å². The van der Waals surface area contributed by atoms with Crippen molar-refractivity contribution in [3.63, 3.8) is 0 Å². The molecular formula is C26H19ClFN5O3. The lowest BCUT2D eigenvalue weighted by molar-refractivity contribution is 0.279. The summed E-state index contributed by atoms with van der Waals surface area (Å²) in [6, 6.07) is 20.3. The molecule has 10 heteroatoms. The van der Waals surface area contributed by atoms with Crippen molar-refractivity contribution in [2.24, 2.45) is 5.10 Å². The minimum absolute atomic E-state index is 0.0394. The van der Waals surface area contributed by atoms with Crippen molar-refractivity contribution in [2.45, 2.75) is 6.61 Å². The second-order valence-electron chi connectivity index (χ2n) is 7.35. The highest BCUT2D eigenvalue weighted by Gasteiger charge is 2.15. The molecule has 0 fully saturated rings. The predicted molar refractivity (Wildman–Crippen MR) is 135 cm³/mol. The van der Waals surface area contributed by atoms with Gasteiger partial charge >= 0.3 is 0 Å². The van der Waals surface area contributed by atoms with Gasteiger partial charge in [-0.1, -0.05) is 54.1 Å². The lowest BCUT2D eigenvalue weighted by Gasteiger charge is -2.14. The molecule has 3 aromatic carbocycles. The van der Waals surface area contributed by atoms with Crippen LogP contribution in [0, 0.1) is 17.1 Å². The topological polar surface area (TPSA) is 112 Å². The van der Waals surface area contributed by atoms with Crippen LogP contribution >= 0.6 is 11.6 Å². The number of anilines is 1. The number of halogens is 2. The molecule has 8 nitrogen and oxygen atoms in total. The smallest absolute Gasteiger partial charge is 0.270 e. The Bertz CT molecular complexity index is 1500. The van der Waals surface area contributed by atoms with E-state index in [1.54, 1.807) is 48.5 Å². The van der Waals surface area contributed by atoms with Gasteiger partial charge in [0, 0.05) is 16.7 Å². The molecule has 0 atom stereocenters. The summed E-state index contributed by atoms with van der Waals surface area (Å²) in [5.41, 5.74) is 3.52. The highest BCUT2D eigenvalue weighted by molar-refractivity contribution is 6.31. The number of aromatic nitrogens is 2. The number of hydrogen-bond acceptors (Lipinski definition) is 7. The van der Waals surface area contributed by atoms with E-state index in [-0.39, 0.29) is 34.4 Å². The fourth-order valence-corrected chi connectivity index (χ4v) is 3.58. The first-order valence-electron chi connectivity index (χ1n) is 10.6. The Kier molecular flexibility index (Phi) is 7.58. The highest BCUT2D eigenvalue weighted by atomic mass is 35.5. The zero-order valence-corrected chi connectivity index (χ0v) is 19.7. The van der Waals surface area contributed by atoms with Crippen molar-refractivity contribution in [1.29, 1.82) is 5.26 Å². The van der Waals surface area contributed by atoms with Crippen molar-refractivity contribution in [2.75, 3.05) is 12.5 Å². The average Bonchev–Trinajstić information content (AvgIpc) is 2.89. The van der Waals surface area contributed by atoms with Crippen LogP contribution in [0.3, 0.4) is 0 Å². The molecule has 1 aromatic heterocycles. The molecule has 1 heterocycles. The van der Waals surface area contributed by atoms with E-state index in [4.69, 9.17) is 21.1 Å². The Balaban J connectivity index is 1.60. The quantitative estimate of drug-likeness (QED) is 0.254. The standard InChI is InChI=1S/C26H19ClFN5O3/c1-35-22-12-5-9-17(24(22)36-15-19-20(27)10-6-11-21(19)28)14-30-33-26-31-23(16-7-3-2-4-8-16)18(13-29)25(34)32-26/h2-12,14H,15H2,1H3,(H2,31,32,33,34). The Morgan fingerprint density at radius 2 is 1.94 bits per heavy atom. The highest BCUT2D eigenvalue weighted by Crippen LogP contribution is 2.32. The summed E-state index contributed by atoms with van der Waals surface area (Å²) in [5, 5.41) is 13.8. The maximum Gasteiger partial charge on any atom is 0.270 e. The van der Waals surface area contributed by atoms with Gasteiger partial charge in [-0.15, -0.1) is 0 Å². The number of hydrazone groups is 1. The summed E-state index contributed by atoms with van der Waals surface area (Å²) in [6.07, 6.45) is 1.43. The van der Waals surface area contributed by atoms with E-state index in [0.29, 0.717) is 22.6 Å². The first-order valence-corrected chi connectivity index (χ1v) is 11.0. The molecule has 0 aliphatic rings.